The van der Waals surface area contributed by atoms with Gasteiger partial charge in [0.1, 0.15) is 23.1 Å². The van der Waals surface area contributed by atoms with Gasteiger partial charge in [0.25, 0.3) is 0 Å². The molecular formula is C22H23NO5S. The van der Waals surface area contributed by atoms with Gasteiger partial charge in [-0.15, -0.1) is 0 Å². The summed E-state index contributed by atoms with van der Waals surface area (Å²) in [4.78, 5) is 4.66. The van der Waals surface area contributed by atoms with Gasteiger partial charge in [0, 0.05) is 23.6 Å². The lowest BCUT2D eigenvalue weighted by atomic mass is 10.1. The van der Waals surface area contributed by atoms with E-state index in [-0.39, 0.29) is 16.8 Å². The molecule has 0 amide bonds. The summed E-state index contributed by atoms with van der Waals surface area (Å²) in [5, 5.41) is 0. The van der Waals surface area contributed by atoms with Crippen molar-refractivity contribution < 1.29 is 22.3 Å². The Kier molecular flexibility index (Phi) is 5.08. The third kappa shape index (κ3) is 3.87. The maximum Gasteiger partial charge on any atom is 0.220 e. The van der Waals surface area contributed by atoms with Gasteiger partial charge in [-0.25, -0.2) is 13.4 Å². The maximum atomic E-state index is 12.1. The third-order valence-corrected chi connectivity index (χ3v) is 6.58. The highest BCUT2D eigenvalue weighted by Crippen LogP contribution is 2.36. The van der Waals surface area contributed by atoms with E-state index in [0.717, 1.165) is 29.0 Å². The molecule has 2 aromatic carbocycles. The molecule has 0 fully saturated rings. The van der Waals surface area contributed by atoms with E-state index in [1.807, 2.05) is 32.1 Å². The maximum absolute atomic E-state index is 12.1. The van der Waals surface area contributed by atoms with Gasteiger partial charge in [-0.1, -0.05) is 6.92 Å². The first kappa shape index (κ1) is 19.5. The molecule has 0 bridgehead atoms. The van der Waals surface area contributed by atoms with Gasteiger partial charge in [0.15, 0.2) is 15.4 Å². The van der Waals surface area contributed by atoms with Crippen molar-refractivity contribution in [1.29, 1.82) is 0 Å². The molecule has 0 unspecified atom stereocenters. The number of oxazole rings is 1. The van der Waals surface area contributed by atoms with E-state index >= 15 is 0 Å². The van der Waals surface area contributed by atoms with Crippen LogP contribution in [0.15, 0.2) is 39.6 Å². The number of benzene rings is 2. The van der Waals surface area contributed by atoms with Crippen LogP contribution >= 0.6 is 0 Å². The van der Waals surface area contributed by atoms with Crippen LogP contribution in [-0.2, 0) is 16.3 Å². The molecule has 7 heteroatoms. The van der Waals surface area contributed by atoms with Gasteiger partial charge in [0.05, 0.1) is 17.3 Å². The van der Waals surface area contributed by atoms with Crippen LogP contribution in [0.1, 0.15) is 37.8 Å². The predicted molar refractivity (Wildman–Crippen MR) is 112 cm³/mol. The van der Waals surface area contributed by atoms with Gasteiger partial charge in [0.2, 0.25) is 5.89 Å². The molecule has 0 saturated carbocycles. The topological polar surface area (TPSA) is 78.6 Å². The summed E-state index contributed by atoms with van der Waals surface area (Å²) in [6.45, 7) is 6.17. The Bertz CT molecular complexity index is 1190. The van der Waals surface area contributed by atoms with E-state index in [4.69, 9.17) is 13.9 Å². The van der Waals surface area contributed by atoms with Crippen molar-refractivity contribution in [2.75, 3.05) is 12.4 Å². The molecule has 0 aliphatic carbocycles. The summed E-state index contributed by atoms with van der Waals surface area (Å²) in [5.74, 6) is 2.09. The fraction of sp³-hybridized carbons (Fsp3) is 0.318. The van der Waals surface area contributed by atoms with Crippen LogP contribution in [0.3, 0.4) is 0 Å². The summed E-state index contributed by atoms with van der Waals surface area (Å²) in [7, 11) is -3.29. The molecule has 1 aliphatic heterocycles. The van der Waals surface area contributed by atoms with Crippen LogP contribution < -0.4 is 9.47 Å². The second-order valence-corrected chi connectivity index (χ2v) is 9.26. The van der Waals surface area contributed by atoms with Crippen molar-refractivity contribution >= 4 is 33.1 Å². The molecule has 1 atom stereocenters. The molecule has 3 aromatic rings. The zero-order valence-electron chi connectivity index (χ0n) is 16.6. The SMILES string of the molecule is CCOc1cc2c(cc1/C=C/c1nc3cc(S(=O)(=O)CC)ccc3o1)O[C@H](C)C2. The number of hydrogen-bond acceptors (Lipinski definition) is 6. The summed E-state index contributed by atoms with van der Waals surface area (Å²) in [5.41, 5.74) is 3.06. The van der Waals surface area contributed by atoms with Gasteiger partial charge in [-0.05, 0) is 50.3 Å². The quantitative estimate of drug-likeness (QED) is 0.591. The van der Waals surface area contributed by atoms with Gasteiger partial charge >= 0.3 is 0 Å². The first-order valence-corrected chi connectivity index (χ1v) is 11.3. The highest BCUT2D eigenvalue weighted by molar-refractivity contribution is 7.91. The summed E-state index contributed by atoms with van der Waals surface area (Å²) >= 11 is 0. The highest BCUT2D eigenvalue weighted by Gasteiger charge is 2.21. The molecular weight excluding hydrogens is 390 g/mol. The average molecular weight is 413 g/mol. The average Bonchev–Trinajstić information content (AvgIpc) is 3.27. The lowest BCUT2D eigenvalue weighted by molar-refractivity contribution is 0.254. The number of fused-ring (bicyclic) bond motifs is 2. The van der Waals surface area contributed by atoms with Crippen molar-refractivity contribution in [3.8, 4) is 11.5 Å². The Hall–Kier alpha value is -2.80. The zero-order valence-corrected chi connectivity index (χ0v) is 17.5. The molecule has 4 rings (SSSR count). The number of rotatable bonds is 6. The fourth-order valence-electron chi connectivity index (χ4n) is 3.38. The standard InChI is InChI=1S/C22H23NO5S/c1-4-26-20-12-16-10-14(3)27-21(16)11-15(20)6-9-22-23-18-13-17(29(24,25)5-2)7-8-19(18)28-22/h6-9,11-14H,4-5,10H2,1-3H3/b9-6+/t14-/m1/s1. The summed E-state index contributed by atoms with van der Waals surface area (Å²) in [6, 6.07) is 8.72. The molecule has 0 spiro atoms. The highest BCUT2D eigenvalue weighted by atomic mass is 32.2. The van der Waals surface area contributed by atoms with Crippen molar-refractivity contribution in [1.82, 2.24) is 4.98 Å². The Morgan fingerprint density at radius 2 is 2.03 bits per heavy atom. The molecule has 152 valence electrons. The first-order valence-electron chi connectivity index (χ1n) is 9.67. The van der Waals surface area contributed by atoms with E-state index in [2.05, 4.69) is 4.98 Å². The normalized spacial score (nSPS) is 16.3. The Labute approximate surface area is 170 Å². The van der Waals surface area contributed by atoms with E-state index in [0.29, 0.717) is 23.6 Å². The second-order valence-electron chi connectivity index (χ2n) is 6.98. The Balaban J connectivity index is 1.67. The van der Waals surface area contributed by atoms with Gasteiger partial charge in [-0.3, -0.25) is 0 Å². The molecule has 1 aliphatic rings. The van der Waals surface area contributed by atoms with Crippen LogP contribution in [0.5, 0.6) is 11.5 Å². The minimum atomic E-state index is -3.29. The number of nitrogens with zero attached hydrogens (tertiary/aromatic N) is 1. The van der Waals surface area contributed by atoms with Crippen molar-refractivity contribution in [3.63, 3.8) is 0 Å². The number of sulfone groups is 1. The van der Waals surface area contributed by atoms with E-state index in [1.54, 1.807) is 31.2 Å². The molecule has 29 heavy (non-hydrogen) atoms. The minimum absolute atomic E-state index is 0.0440. The predicted octanol–water partition coefficient (Wildman–Crippen LogP) is 4.51. The number of aromatic nitrogens is 1. The molecule has 6 nitrogen and oxygen atoms in total. The molecule has 0 saturated heterocycles. The fourth-order valence-corrected chi connectivity index (χ4v) is 4.28. The molecule has 1 aromatic heterocycles. The second kappa shape index (κ2) is 7.55. The van der Waals surface area contributed by atoms with Crippen molar-refractivity contribution in [2.24, 2.45) is 0 Å². The van der Waals surface area contributed by atoms with Crippen LogP contribution in [-0.4, -0.2) is 31.9 Å². The Morgan fingerprint density at radius 3 is 2.79 bits per heavy atom. The van der Waals surface area contributed by atoms with Gasteiger partial charge in [-0.2, -0.15) is 0 Å². The number of hydrogen-bond donors (Lipinski definition) is 0. The monoisotopic (exact) mass is 413 g/mol. The van der Waals surface area contributed by atoms with Crippen molar-refractivity contribution in [3.05, 3.63) is 47.3 Å². The summed E-state index contributed by atoms with van der Waals surface area (Å²) < 4.78 is 41.5. The molecule has 0 radical (unpaired) electrons. The van der Waals surface area contributed by atoms with E-state index in [1.165, 1.54) is 0 Å². The van der Waals surface area contributed by atoms with E-state index in [9.17, 15) is 8.42 Å². The lowest BCUT2D eigenvalue weighted by Gasteiger charge is -2.09. The third-order valence-electron chi connectivity index (χ3n) is 4.85. The smallest absolute Gasteiger partial charge is 0.220 e. The van der Waals surface area contributed by atoms with Crippen molar-refractivity contribution in [2.45, 2.75) is 38.2 Å². The van der Waals surface area contributed by atoms with Crippen LogP contribution in [0, 0.1) is 0 Å². The van der Waals surface area contributed by atoms with Crippen LogP contribution in [0.4, 0.5) is 0 Å². The lowest BCUT2D eigenvalue weighted by Crippen LogP contribution is -2.05. The summed E-state index contributed by atoms with van der Waals surface area (Å²) in [6.07, 6.45) is 4.64. The first-order chi connectivity index (χ1) is 13.9. The van der Waals surface area contributed by atoms with Gasteiger partial charge < -0.3 is 13.9 Å². The number of ether oxygens (including phenoxy) is 2. The minimum Gasteiger partial charge on any atom is -0.493 e. The zero-order chi connectivity index (χ0) is 20.6. The molecule has 0 N–H and O–H groups in total. The largest absolute Gasteiger partial charge is 0.493 e. The Morgan fingerprint density at radius 1 is 1.21 bits per heavy atom. The van der Waals surface area contributed by atoms with Crippen LogP contribution in [0.2, 0.25) is 0 Å². The molecule has 2 heterocycles. The van der Waals surface area contributed by atoms with E-state index < -0.39 is 9.84 Å². The van der Waals surface area contributed by atoms with Crippen LogP contribution in [0.25, 0.3) is 23.3 Å².